The molecule has 0 aromatic carbocycles. The smallest absolute Gasteiger partial charge is 0.326 e. The summed E-state index contributed by atoms with van der Waals surface area (Å²) in [7, 11) is 0. The van der Waals surface area contributed by atoms with Crippen LogP contribution in [0.1, 0.15) is 46.0 Å². The molecule has 0 aliphatic heterocycles. The van der Waals surface area contributed by atoms with Crippen LogP contribution >= 0.6 is 0 Å². The Bertz CT molecular complexity index is 814. The summed E-state index contributed by atoms with van der Waals surface area (Å²) in [5, 5.41) is 26.4. The van der Waals surface area contributed by atoms with Crippen molar-refractivity contribution in [1.82, 2.24) is 16.0 Å². The first-order valence-corrected chi connectivity index (χ1v) is 11.9. The molecule has 0 aromatic rings. The van der Waals surface area contributed by atoms with Crippen molar-refractivity contribution in [3.8, 4) is 0 Å². The van der Waals surface area contributed by atoms with Gasteiger partial charge >= 0.3 is 5.97 Å². The molecule has 0 fully saturated rings. The Kier molecular flexibility index (Phi) is 16.0. The van der Waals surface area contributed by atoms with E-state index in [0.29, 0.717) is 12.8 Å². The molecule has 0 aliphatic carbocycles. The number of aliphatic hydroxyl groups is 1. The lowest BCUT2D eigenvalue weighted by Crippen LogP contribution is -2.58. The van der Waals surface area contributed by atoms with E-state index in [4.69, 9.17) is 28.7 Å². The van der Waals surface area contributed by atoms with E-state index < -0.39 is 54.5 Å². The number of carbonyl (C=O) groups excluding carboxylic acids is 3. The highest BCUT2D eigenvalue weighted by molar-refractivity contribution is 5.94. The van der Waals surface area contributed by atoms with Crippen molar-refractivity contribution >= 4 is 35.6 Å². The second-order valence-electron chi connectivity index (χ2n) is 8.52. The Morgan fingerprint density at radius 1 is 0.811 bits per heavy atom. The molecule has 5 atom stereocenters. The summed E-state index contributed by atoms with van der Waals surface area (Å²) in [6.07, 6.45) is 1.43. The molecule has 0 aromatic heterocycles. The van der Waals surface area contributed by atoms with E-state index in [-0.39, 0.29) is 50.2 Å². The second kappa shape index (κ2) is 17.7. The Balaban J connectivity index is 5.35. The number of nitrogens with one attached hydrogen (secondary N) is 3. The molecule has 0 bridgehead atoms. The zero-order chi connectivity index (χ0) is 28.5. The second-order valence-corrected chi connectivity index (χ2v) is 8.52. The standard InChI is InChI=1S/C21H42N10O6/c1-3-11(2)15(19(36)37)31-17(34)13(7-5-9-28-21(25)26)29-18(35)14(10-32)30-16(33)12(22)6-4-8-27-20(23)24/h11-15,32H,3-10,22H2,1-2H3,(H,29,35)(H,30,33)(H,31,34)(H,36,37)(H4,23,24,27)(H4,25,26,28). The van der Waals surface area contributed by atoms with Gasteiger partial charge in [0.1, 0.15) is 18.1 Å². The van der Waals surface area contributed by atoms with E-state index in [1.807, 2.05) is 0 Å². The summed E-state index contributed by atoms with van der Waals surface area (Å²) < 4.78 is 0. The van der Waals surface area contributed by atoms with Gasteiger partial charge in [0.25, 0.3) is 0 Å². The van der Waals surface area contributed by atoms with Crippen LogP contribution in [0.15, 0.2) is 9.98 Å². The molecule has 0 heterocycles. The minimum atomic E-state index is -1.41. The quantitative estimate of drug-likeness (QED) is 0.0462. The van der Waals surface area contributed by atoms with Crippen LogP contribution in [0, 0.1) is 5.92 Å². The average Bonchev–Trinajstić information content (AvgIpc) is 2.83. The van der Waals surface area contributed by atoms with E-state index >= 15 is 0 Å². The fourth-order valence-corrected chi connectivity index (χ4v) is 3.10. The normalized spacial score (nSPS) is 14.7. The number of carboxylic acid groups (broad SMARTS) is 1. The summed E-state index contributed by atoms with van der Waals surface area (Å²) in [6.45, 7) is 3.10. The third-order valence-electron chi connectivity index (χ3n) is 5.48. The van der Waals surface area contributed by atoms with Crippen molar-refractivity contribution in [2.45, 2.75) is 70.1 Å². The molecule has 0 rings (SSSR count). The lowest BCUT2D eigenvalue weighted by Gasteiger charge is -2.26. The van der Waals surface area contributed by atoms with Gasteiger partial charge in [0.15, 0.2) is 11.9 Å². The van der Waals surface area contributed by atoms with E-state index in [1.54, 1.807) is 13.8 Å². The number of aliphatic imine (C=N–C) groups is 2. The van der Waals surface area contributed by atoms with Crippen molar-refractivity contribution in [3.63, 3.8) is 0 Å². The molecule has 5 unspecified atom stereocenters. The molecule has 15 N–H and O–H groups in total. The molecule has 0 spiro atoms. The van der Waals surface area contributed by atoms with Crippen molar-refractivity contribution in [1.29, 1.82) is 0 Å². The number of nitrogens with zero attached hydrogens (tertiary/aromatic N) is 2. The number of amides is 3. The van der Waals surface area contributed by atoms with Gasteiger partial charge < -0.3 is 54.8 Å². The summed E-state index contributed by atoms with van der Waals surface area (Å²) >= 11 is 0. The predicted molar refractivity (Wildman–Crippen MR) is 138 cm³/mol. The molecule has 16 heteroatoms. The van der Waals surface area contributed by atoms with Crippen LogP contribution in [0.4, 0.5) is 0 Å². The summed E-state index contributed by atoms with van der Waals surface area (Å²) in [4.78, 5) is 57.3. The van der Waals surface area contributed by atoms with E-state index in [0.717, 1.165) is 0 Å². The average molecular weight is 531 g/mol. The fourth-order valence-electron chi connectivity index (χ4n) is 3.10. The number of aliphatic hydroxyl groups excluding tert-OH is 1. The van der Waals surface area contributed by atoms with E-state index in [1.165, 1.54) is 0 Å². The largest absolute Gasteiger partial charge is 0.480 e. The molecule has 0 saturated carbocycles. The Hall–Kier alpha value is -3.66. The maximum Gasteiger partial charge on any atom is 0.326 e. The van der Waals surface area contributed by atoms with Gasteiger partial charge in [-0.15, -0.1) is 0 Å². The number of nitrogens with two attached hydrogens (primary N) is 5. The molecule has 0 aliphatic rings. The van der Waals surface area contributed by atoms with Crippen LogP contribution in [0.2, 0.25) is 0 Å². The molecule has 16 nitrogen and oxygen atoms in total. The minimum Gasteiger partial charge on any atom is -0.480 e. The Morgan fingerprint density at radius 3 is 1.76 bits per heavy atom. The first-order chi connectivity index (χ1) is 17.3. The SMILES string of the molecule is CCC(C)C(NC(=O)C(CCCN=C(N)N)NC(=O)C(CO)NC(=O)C(N)CCCN=C(N)N)C(=O)O. The first-order valence-electron chi connectivity index (χ1n) is 11.9. The zero-order valence-electron chi connectivity index (χ0n) is 21.4. The van der Waals surface area contributed by atoms with Crippen LogP contribution in [0.3, 0.4) is 0 Å². The van der Waals surface area contributed by atoms with Crippen LogP contribution in [0.5, 0.6) is 0 Å². The van der Waals surface area contributed by atoms with Crippen LogP contribution in [-0.4, -0.2) is 89.7 Å². The number of carboxylic acids is 1. The highest BCUT2D eigenvalue weighted by Crippen LogP contribution is 2.09. The fraction of sp³-hybridized carbons (Fsp3) is 0.714. The molecule has 3 amide bonds. The van der Waals surface area contributed by atoms with E-state index in [2.05, 4.69) is 25.9 Å². The topological polar surface area (TPSA) is 300 Å². The molecule has 37 heavy (non-hydrogen) atoms. The number of rotatable bonds is 18. The molecule has 212 valence electrons. The van der Waals surface area contributed by atoms with Crippen LogP contribution in [-0.2, 0) is 19.2 Å². The number of hydrogen-bond acceptors (Lipinski definition) is 8. The van der Waals surface area contributed by atoms with Gasteiger partial charge in [-0.1, -0.05) is 20.3 Å². The number of carbonyl (C=O) groups is 4. The number of aliphatic carboxylic acids is 1. The molecular weight excluding hydrogens is 488 g/mol. The lowest BCUT2D eigenvalue weighted by atomic mass is 9.98. The van der Waals surface area contributed by atoms with Gasteiger partial charge in [0.2, 0.25) is 17.7 Å². The minimum absolute atomic E-state index is 0.0532. The first kappa shape index (κ1) is 33.3. The van der Waals surface area contributed by atoms with E-state index in [9.17, 15) is 29.4 Å². The highest BCUT2D eigenvalue weighted by atomic mass is 16.4. The number of guanidine groups is 2. The Morgan fingerprint density at radius 2 is 1.30 bits per heavy atom. The van der Waals surface area contributed by atoms with Gasteiger partial charge in [0.05, 0.1) is 12.6 Å². The monoisotopic (exact) mass is 530 g/mol. The third-order valence-corrected chi connectivity index (χ3v) is 5.48. The molecule has 0 saturated heterocycles. The maximum atomic E-state index is 12.9. The van der Waals surface area contributed by atoms with Crippen molar-refractivity contribution in [2.24, 2.45) is 44.6 Å². The van der Waals surface area contributed by atoms with Gasteiger partial charge in [-0.05, 0) is 31.6 Å². The summed E-state index contributed by atoms with van der Waals surface area (Å²) in [6, 6.07) is -4.78. The van der Waals surface area contributed by atoms with Crippen LogP contribution in [0.25, 0.3) is 0 Å². The van der Waals surface area contributed by atoms with Crippen molar-refractivity contribution < 1.29 is 29.4 Å². The Labute approximate surface area is 215 Å². The van der Waals surface area contributed by atoms with Gasteiger partial charge in [-0.3, -0.25) is 24.4 Å². The van der Waals surface area contributed by atoms with Gasteiger partial charge in [0, 0.05) is 13.1 Å². The summed E-state index contributed by atoms with van der Waals surface area (Å²) in [5.41, 5.74) is 26.9. The van der Waals surface area contributed by atoms with Crippen molar-refractivity contribution in [3.05, 3.63) is 0 Å². The number of hydrogen-bond donors (Lipinski definition) is 10. The zero-order valence-corrected chi connectivity index (χ0v) is 21.4. The third kappa shape index (κ3) is 13.9. The predicted octanol–water partition coefficient (Wildman–Crippen LogP) is -4.00. The van der Waals surface area contributed by atoms with Crippen LogP contribution < -0.4 is 44.6 Å². The lowest BCUT2D eigenvalue weighted by molar-refractivity contribution is -0.144. The van der Waals surface area contributed by atoms with Gasteiger partial charge in [-0.25, -0.2) is 4.79 Å². The van der Waals surface area contributed by atoms with Crippen molar-refractivity contribution in [2.75, 3.05) is 19.7 Å². The highest BCUT2D eigenvalue weighted by Gasteiger charge is 2.31. The molecular formula is C21H42N10O6. The van der Waals surface area contributed by atoms with Gasteiger partial charge in [-0.2, -0.15) is 0 Å². The maximum absolute atomic E-state index is 12.9. The summed E-state index contributed by atoms with van der Waals surface area (Å²) in [5.74, 6) is -4.14. The molecule has 0 radical (unpaired) electrons.